The summed E-state index contributed by atoms with van der Waals surface area (Å²) in [7, 11) is 0. The molecule has 0 aliphatic heterocycles. The van der Waals surface area contributed by atoms with Crippen LogP contribution in [0.25, 0.3) is 0 Å². The molecule has 1 atom stereocenters. The zero-order valence-electron chi connectivity index (χ0n) is 13.1. The van der Waals surface area contributed by atoms with Crippen LogP contribution in [-0.2, 0) is 14.9 Å². The normalized spacial score (nSPS) is 13.4. The Bertz CT molecular complexity index is 503. The van der Waals surface area contributed by atoms with Gasteiger partial charge in [0, 0.05) is 5.41 Å². The molecule has 2 N–H and O–H groups in total. The Morgan fingerprint density at radius 2 is 1.62 bits per heavy atom. The van der Waals surface area contributed by atoms with Gasteiger partial charge in [-0.1, -0.05) is 44.2 Å². The number of carboxylic acids is 1. The standard InChI is InChI=1S/C16H23NO4/c1-15(2,3)21-14(20)17-12(13(18)19)16(4,5)11-9-7-6-8-10-11/h6-10,12H,1-5H3,(H,17,20)(H,18,19)/t12-/m0/s1. The van der Waals surface area contributed by atoms with Crippen molar-refractivity contribution in [3.8, 4) is 0 Å². The van der Waals surface area contributed by atoms with Crippen molar-refractivity contribution in [2.24, 2.45) is 0 Å². The van der Waals surface area contributed by atoms with E-state index in [9.17, 15) is 14.7 Å². The first-order chi connectivity index (χ1) is 9.54. The van der Waals surface area contributed by atoms with Crippen molar-refractivity contribution in [2.45, 2.75) is 51.7 Å². The summed E-state index contributed by atoms with van der Waals surface area (Å²) >= 11 is 0. The van der Waals surface area contributed by atoms with Crippen LogP contribution < -0.4 is 5.32 Å². The number of rotatable bonds is 4. The smallest absolute Gasteiger partial charge is 0.408 e. The number of nitrogens with one attached hydrogen (secondary N) is 1. The van der Waals surface area contributed by atoms with Gasteiger partial charge >= 0.3 is 12.1 Å². The summed E-state index contributed by atoms with van der Waals surface area (Å²) in [5.74, 6) is -1.10. The Kier molecular flexibility index (Phi) is 4.99. The van der Waals surface area contributed by atoms with Crippen LogP contribution in [0.3, 0.4) is 0 Å². The van der Waals surface area contributed by atoms with Gasteiger partial charge in [-0.25, -0.2) is 9.59 Å². The van der Waals surface area contributed by atoms with Crippen molar-refractivity contribution in [3.05, 3.63) is 35.9 Å². The lowest BCUT2D eigenvalue weighted by molar-refractivity contribution is -0.141. The number of carbonyl (C=O) groups is 2. The molecule has 1 amide bonds. The molecule has 0 aromatic heterocycles. The van der Waals surface area contributed by atoms with Crippen molar-refractivity contribution in [1.29, 1.82) is 0 Å². The molecule has 0 fully saturated rings. The van der Waals surface area contributed by atoms with E-state index < -0.39 is 29.1 Å². The molecule has 0 spiro atoms. The van der Waals surface area contributed by atoms with Gasteiger partial charge in [0.25, 0.3) is 0 Å². The first kappa shape index (κ1) is 17.0. The van der Waals surface area contributed by atoms with E-state index in [1.54, 1.807) is 34.6 Å². The van der Waals surface area contributed by atoms with Crippen LogP contribution in [0.2, 0.25) is 0 Å². The Hall–Kier alpha value is -2.04. The molecule has 1 aromatic carbocycles. The quantitative estimate of drug-likeness (QED) is 0.895. The Morgan fingerprint density at radius 1 is 1.10 bits per heavy atom. The molecule has 116 valence electrons. The second-order valence-corrected chi connectivity index (χ2v) is 6.51. The summed E-state index contributed by atoms with van der Waals surface area (Å²) in [6.07, 6.45) is -0.737. The van der Waals surface area contributed by atoms with E-state index in [-0.39, 0.29) is 0 Å². The van der Waals surface area contributed by atoms with E-state index in [0.29, 0.717) is 0 Å². The highest BCUT2D eigenvalue weighted by atomic mass is 16.6. The van der Waals surface area contributed by atoms with Gasteiger partial charge in [-0.05, 0) is 26.3 Å². The molecule has 5 nitrogen and oxygen atoms in total. The number of aliphatic carboxylic acids is 1. The van der Waals surface area contributed by atoms with Crippen molar-refractivity contribution >= 4 is 12.1 Å². The van der Waals surface area contributed by atoms with Crippen molar-refractivity contribution < 1.29 is 19.4 Å². The van der Waals surface area contributed by atoms with Gasteiger partial charge < -0.3 is 15.2 Å². The topological polar surface area (TPSA) is 75.6 Å². The molecule has 1 rings (SSSR count). The summed E-state index contributed by atoms with van der Waals surface area (Å²) in [5, 5.41) is 11.9. The molecule has 5 heteroatoms. The fourth-order valence-electron chi connectivity index (χ4n) is 2.01. The second kappa shape index (κ2) is 6.16. The average molecular weight is 293 g/mol. The number of ether oxygens (including phenoxy) is 1. The van der Waals surface area contributed by atoms with E-state index in [2.05, 4.69) is 5.32 Å². The molecule has 0 heterocycles. The van der Waals surface area contributed by atoms with E-state index in [1.807, 2.05) is 30.3 Å². The van der Waals surface area contributed by atoms with E-state index >= 15 is 0 Å². The van der Waals surface area contributed by atoms with Crippen LogP contribution in [0.1, 0.15) is 40.2 Å². The number of carboxylic acid groups (broad SMARTS) is 1. The van der Waals surface area contributed by atoms with E-state index in [0.717, 1.165) is 5.56 Å². The fourth-order valence-corrected chi connectivity index (χ4v) is 2.01. The fraction of sp³-hybridized carbons (Fsp3) is 0.500. The zero-order valence-corrected chi connectivity index (χ0v) is 13.1. The minimum absolute atomic E-state index is 0.677. The minimum atomic E-state index is -1.10. The van der Waals surface area contributed by atoms with Gasteiger partial charge in [0.05, 0.1) is 0 Å². The summed E-state index contributed by atoms with van der Waals surface area (Å²) < 4.78 is 5.14. The molecular formula is C16H23NO4. The number of alkyl carbamates (subject to hydrolysis) is 1. The van der Waals surface area contributed by atoms with Gasteiger partial charge in [-0.15, -0.1) is 0 Å². The lowest BCUT2D eigenvalue weighted by Gasteiger charge is -2.33. The summed E-state index contributed by atoms with van der Waals surface area (Å²) in [6.45, 7) is 8.73. The lowest BCUT2D eigenvalue weighted by Crippen LogP contribution is -2.53. The number of hydrogen-bond acceptors (Lipinski definition) is 3. The molecule has 0 aliphatic rings. The maximum Gasteiger partial charge on any atom is 0.408 e. The first-order valence-corrected chi connectivity index (χ1v) is 6.82. The summed E-state index contributed by atoms with van der Waals surface area (Å²) in [5.41, 5.74) is -0.623. The molecule has 1 aromatic rings. The molecule has 0 saturated carbocycles. The van der Waals surface area contributed by atoms with Crippen LogP contribution in [0.5, 0.6) is 0 Å². The Labute approximate surface area is 125 Å². The Balaban J connectivity index is 2.97. The monoisotopic (exact) mass is 293 g/mol. The van der Waals surface area contributed by atoms with Gasteiger partial charge in [0.1, 0.15) is 11.6 Å². The minimum Gasteiger partial charge on any atom is -0.480 e. The van der Waals surface area contributed by atoms with Crippen molar-refractivity contribution in [1.82, 2.24) is 5.32 Å². The third-order valence-corrected chi connectivity index (χ3v) is 3.15. The molecule has 0 aliphatic carbocycles. The van der Waals surface area contributed by atoms with E-state index in [4.69, 9.17) is 4.74 Å². The van der Waals surface area contributed by atoms with E-state index in [1.165, 1.54) is 0 Å². The highest BCUT2D eigenvalue weighted by molar-refractivity contribution is 5.82. The van der Waals surface area contributed by atoms with Crippen LogP contribution in [0, 0.1) is 0 Å². The second-order valence-electron chi connectivity index (χ2n) is 6.51. The highest BCUT2D eigenvalue weighted by Gasteiger charge is 2.38. The number of hydrogen-bond donors (Lipinski definition) is 2. The van der Waals surface area contributed by atoms with Gasteiger partial charge in [-0.3, -0.25) is 0 Å². The maximum atomic E-state index is 11.9. The van der Waals surface area contributed by atoms with Gasteiger partial charge in [0.15, 0.2) is 0 Å². The average Bonchev–Trinajstić information content (AvgIpc) is 2.34. The molecular weight excluding hydrogens is 270 g/mol. The third-order valence-electron chi connectivity index (χ3n) is 3.15. The Morgan fingerprint density at radius 3 is 2.05 bits per heavy atom. The van der Waals surface area contributed by atoms with Gasteiger partial charge in [0.2, 0.25) is 0 Å². The number of carbonyl (C=O) groups excluding carboxylic acids is 1. The number of benzene rings is 1. The van der Waals surface area contributed by atoms with Crippen LogP contribution >= 0.6 is 0 Å². The van der Waals surface area contributed by atoms with Crippen molar-refractivity contribution in [3.63, 3.8) is 0 Å². The molecule has 0 unspecified atom stereocenters. The summed E-state index contributed by atoms with van der Waals surface area (Å²) in [4.78, 5) is 23.4. The predicted molar refractivity (Wildman–Crippen MR) is 80.3 cm³/mol. The molecule has 0 radical (unpaired) electrons. The van der Waals surface area contributed by atoms with Crippen molar-refractivity contribution in [2.75, 3.05) is 0 Å². The first-order valence-electron chi connectivity index (χ1n) is 6.82. The number of amides is 1. The van der Waals surface area contributed by atoms with Crippen LogP contribution in [0.4, 0.5) is 4.79 Å². The highest BCUT2D eigenvalue weighted by Crippen LogP contribution is 2.27. The zero-order chi connectivity index (χ0) is 16.3. The molecule has 21 heavy (non-hydrogen) atoms. The third kappa shape index (κ3) is 4.77. The predicted octanol–water partition coefficient (Wildman–Crippen LogP) is 2.94. The largest absolute Gasteiger partial charge is 0.480 e. The van der Waals surface area contributed by atoms with Crippen LogP contribution in [0.15, 0.2) is 30.3 Å². The SMILES string of the molecule is CC(C)(C)OC(=O)N[C@@H](C(=O)O)C(C)(C)c1ccccc1. The van der Waals surface area contributed by atoms with Crippen LogP contribution in [-0.4, -0.2) is 28.8 Å². The molecule has 0 bridgehead atoms. The maximum absolute atomic E-state index is 11.9. The molecule has 0 saturated heterocycles. The lowest BCUT2D eigenvalue weighted by atomic mass is 9.77. The van der Waals surface area contributed by atoms with Gasteiger partial charge in [-0.2, -0.15) is 0 Å². The summed E-state index contributed by atoms with van der Waals surface area (Å²) in [6, 6.07) is 8.12.